The van der Waals surface area contributed by atoms with Crippen LogP contribution in [0, 0.1) is 0 Å². The number of nitrogens with zero attached hydrogens (tertiary/aromatic N) is 9. The van der Waals surface area contributed by atoms with Crippen molar-refractivity contribution in [3.8, 4) is 112 Å². The zero-order valence-corrected chi connectivity index (χ0v) is 68.6. The van der Waals surface area contributed by atoms with Gasteiger partial charge in [0.15, 0.2) is 5.58 Å². The standard InChI is InChI=1S/C58H36N4O.C57H35N5S/c1-3-13-37(14-4-1)42-33-50(38-15-5-2-6-16-38)60-51(34-42)41-17-11-18-43(31-41)62-52-21-9-7-19-45(52)47-27-24-40(35-55(47)62)39-25-28-54-48(32-39)46-20-8-10-22-53(46)61(54)44-26-29-56-49(36-44)58-57(63-56)23-12-30-59-58;1-3-12-36(13-4-1)40-31-48(37-14-5-2-6-15-37)60-50(32-40)49-35-42(27-29-58-49)62-51-18-9-7-16-43(51)45-24-21-39(33-54(45)62)38-22-25-53-46(30-38)44-17-8-10-19-52(44)61(53)41-23-26-55-47(34-41)57-56(63-55)20-11-28-59-57/h1-36H;1-35H. The monoisotopic (exact) mass is 1630 g/mol. The Morgan fingerprint density at radius 2 is 0.595 bits per heavy atom. The van der Waals surface area contributed by atoms with Crippen LogP contribution in [0.4, 0.5) is 0 Å². The van der Waals surface area contributed by atoms with Crippen LogP contribution in [0.5, 0.6) is 0 Å². The number of thiophene rings is 1. The predicted octanol–water partition coefficient (Wildman–Crippen LogP) is 30.3. The third kappa shape index (κ3) is 12.2. The molecule has 26 rings (SSSR count). The number of benzene rings is 15. The molecule has 0 fully saturated rings. The van der Waals surface area contributed by atoms with Gasteiger partial charge in [-0.25, -0.2) is 9.97 Å². The van der Waals surface area contributed by atoms with E-state index in [0.717, 1.165) is 168 Å². The lowest BCUT2D eigenvalue weighted by Gasteiger charge is -2.13. The highest BCUT2D eigenvalue weighted by molar-refractivity contribution is 7.25. The topological polar surface area (TPSA) is 97.3 Å². The van der Waals surface area contributed by atoms with E-state index in [9.17, 15) is 0 Å². The Morgan fingerprint density at radius 3 is 1.16 bits per heavy atom. The van der Waals surface area contributed by atoms with Gasteiger partial charge in [-0.1, -0.05) is 243 Å². The van der Waals surface area contributed by atoms with E-state index in [1.807, 2.05) is 48.9 Å². The zero-order valence-electron chi connectivity index (χ0n) is 67.8. The highest BCUT2D eigenvalue weighted by Crippen LogP contribution is 2.45. The highest BCUT2D eigenvalue weighted by Gasteiger charge is 2.23. The summed E-state index contributed by atoms with van der Waals surface area (Å²) in [6.07, 6.45) is 5.62. The quantitative estimate of drug-likeness (QED) is 0.121. The first kappa shape index (κ1) is 72.1. The van der Waals surface area contributed by atoms with E-state index in [1.165, 1.54) is 74.5 Å². The summed E-state index contributed by atoms with van der Waals surface area (Å²) in [6.45, 7) is 0. The molecule has 15 aromatic carbocycles. The molecule has 26 aromatic rings. The van der Waals surface area contributed by atoms with E-state index in [2.05, 4.69) is 405 Å². The fourth-order valence-electron chi connectivity index (χ4n) is 19.1. The Labute approximate surface area is 727 Å². The van der Waals surface area contributed by atoms with Crippen molar-refractivity contribution < 1.29 is 4.42 Å². The number of para-hydroxylation sites is 4. The van der Waals surface area contributed by atoms with Crippen molar-refractivity contribution in [3.63, 3.8) is 0 Å². The number of rotatable bonds is 12. The van der Waals surface area contributed by atoms with Crippen molar-refractivity contribution in [1.82, 2.24) is 43.2 Å². The first-order valence-corrected chi connectivity index (χ1v) is 43.3. The van der Waals surface area contributed by atoms with Gasteiger partial charge in [-0.2, -0.15) is 0 Å². The molecule has 0 aliphatic rings. The predicted molar refractivity (Wildman–Crippen MR) is 523 cm³/mol. The molecule has 588 valence electrons. The molecule has 0 aliphatic heterocycles. The molecular formula is C115H71N9OS. The fraction of sp³-hybridized carbons (Fsp3) is 0. The van der Waals surface area contributed by atoms with Crippen molar-refractivity contribution in [2.45, 2.75) is 0 Å². The molecule has 0 amide bonds. The minimum atomic E-state index is 0.795. The molecule has 0 N–H and O–H groups in total. The van der Waals surface area contributed by atoms with Gasteiger partial charge in [-0.3, -0.25) is 15.0 Å². The van der Waals surface area contributed by atoms with Gasteiger partial charge < -0.3 is 22.7 Å². The summed E-state index contributed by atoms with van der Waals surface area (Å²) in [5.41, 5.74) is 33.9. The van der Waals surface area contributed by atoms with Gasteiger partial charge in [0.2, 0.25) is 0 Å². The molecule has 126 heavy (non-hydrogen) atoms. The smallest absolute Gasteiger partial charge is 0.153 e. The van der Waals surface area contributed by atoms with Crippen LogP contribution in [-0.4, -0.2) is 43.2 Å². The van der Waals surface area contributed by atoms with Crippen LogP contribution in [0.1, 0.15) is 0 Å². The number of aromatic nitrogens is 9. The van der Waals surface area contributed by atoms with E-state index in [1.54, 1.807) is 11.3 Å². The van der Waals surface area contributed by atoms with Crippen molar-refractivity contribution in [2.75, 3.05) is 0 Å². The van der Waals surface area contributed by atoms with Crippen LogP contribution in [0.2, 0.25) is 0 Å². The molecule has 0 saturated carbocycles. The second-order valence-corrected chi connectivity index (χ2v) is 33.4. The first-order valence-electron chi connectivity index (χ1n) is 42.5. The summed E-state index contributed by atoms with van der Waals surface area (Å²) in [4.78, 5) is 24.8. The van der Waals surface area contributed by atoms with Gasteiger partial charge in [0.25, 0.3) is 0 Å². The lowest BCUT2D eigenvalue weighted by atomic mass is 10.00. The van der Waals surface area contributed by atoms with Crippen LogP contribution in [0.3, 0.4) is 0 Å². The molecular weight excluding hydrogens is 1560 g/mol. The molecule has 11 heteroatoms. The molecule has 0 atom stereocenters. The molecule has 0 saturated heterocycles. The Bertz CT molecular complexity index is 8230. The minimum Gasteiger partial charge on any atom is -0.454 e. The number of hydrogen-bond donors (Lipinski definition) is 0. The van der Waals surface area contributed by atoms with Gasteiger partial charge in [-0.05, 0) is 214 Å². The number of hydrogen-bond acceptors (Lipinski definition) is 7. The van der Waals surface area contributed by atoms with Crippen LogP contribution < -0.4 is 0 Å². The summed E-state index contributed by atoms with van der Waals surface area (Å²) >= 11 is 1.80. The van der Waals surface area contributed by atoms with Gasteiger partial charge in [-0.15, -0.1) is 11.3 Å². The Kier molecular flexibility index (Phi) is 16.9. The van der Waals surface area contributed by atoms with E-state index in [-0.39, 0.29) is 0 Å². The van der Waals surface area contributed by atoms with Crippen LogP contribution in [-0.2, 0) is 0 Å². The van der Waals surface area contributed by atoms with Gasteiger partial charge in [0.05, 0.1) is 82.8 Å². The third-order valence-electron chi connectivity index (χ3n) is 25.0. The van der Waals surface area contributed by atoms with E-state index >= 15 is 0 Å². The Balaban J connectivity index is 0.000000137. The lowest BCUT2D eigenvalue weighted by Crippen LogP contribution is -1.97. The summed E-state index contributed by atoms with van der Waals surface area (Å²) in [7, 11) is 0. The maximum absolute atomic E-state index is 6.14. The van der Waals surface area contributed by atoms with Gasteiger partial charge in [0, 0.05) is 117 Å². The van der Waals surface area contributed by atoms with Crippen molar-refractivity contribution in [1.29, 1.82) is 0 Å². The maximum Gasteiger partial charge on any atom is 0.153 e. The lowest BCUT2D eigenvalue weighted by molar-refractivity contribution is 0.668. The third-order valence-corrected chi connectivity index (χ3v) is 26.1. The largest absolute Gasteiger partial charge is 0.454 e. The highest BCUT2D eigenvalue weighted by atomic mass is 32.1. The summed E-state index contributed by atoms with van der Waals surface area (Å²) in [5, 5.41) is 11.9. The van der Waals surface area contributed by atoms with Crippen LogP contribution >= 0.6 is 11.3 Å². The zero-order chi connectivity index (χ0) is 82.9. The number of furan rings is 1. The second-order valence-electron chi connectivity index (χ2n) is 32.3. The average Bonchev–Trinajstić information content (AvgIpc) is 1.59. The summed E-state index contributed by atoms with van der Waals surface area (Å²) in [5.74, 6) is 0. The van der Waals surface area contributed by atoms with Crippen molar-refractivity contribution in [2.24, 2.45) is 0 Å². The van der Waals surface area contributed by atoms with E-state index in [4.69, 9.17) is 24.4 Å². The molecule has 10 nitrogen and oxygen atoms in total. The van der Waals surface area contributed by atoms with Gasteiger partial charge in [0.1, 0.15) is 11.1 Å². The second kappa shape index (κ2) is 29.6. The Morgan fingerprint density at radius 1 is 0.183 bits per heavy atom. The van der Waals surface area contributed by atoms with E-state index in [0.29, 0.717) is 0 Å². The summed E-state index contributed by atoms with van der Waals surface area (Å²) in [6, 6.07) is 147. The number of pyridine rings is 5. The molecule has 0 spiro atoms. The van der Waals surface area contributed by atoms with Gasteiger partial charge >= 0.3 is 0 Å². The maximum atomic E-state index is 6.14. The Hall–Kier alpha value is -16.7. The van der Waals surface area contributed by atoms with Crippen LogP contribution in [0.25, 0.3) is 242 Å². The first-order chi connectivity index (χ1) is 62.4. The van der Waals surface area contributed by atoms with E-state index < -0.39 is 0 Å². The number of fused-ring (bicyclic) bond motifs is 18. The molecule has 11 heterocycles. The molecule has 0 aliphatic carbocycles. The molecule has 0 bridgehead atoms. The van der Waals surface area contributed by atoms with Crippen LogP contribution in [0.15, 0.2) is 436 Å². The molecule has 11 aromatic heterocycles. The molecule has 0 unspecified atom stereocenters. The normalized spacial score (nSPS) is 11.8. The SMILES string of the molecule is c1ccc(-c2cc(-c3ccccc3)nc(-c3cc(-n4c5ccccc5c5ccc(-c6ccc7c(c6)c6ccccc6n7-c6ccc7sc8cccnc8c7c6)cc54)ccn3)c2)cc1.c1ccc(-c2cc(-c3ccccc3)nc(-c3cccc(-n4c5ccccc5c5ccc(-c6ccc7c(c6)c6ccccc6n7-c6ccc7oc8cccnc8c7c6)cc54)c3)c2)cc1. The van der Waals surface area contributed by atoms with Crippen molar-refractivity contribution >= 4 is 141 Å². The minimum absolute atomic E-state index is 0.795. The fourth-order valence-corrected chi connectivity index (χ4v) is 20.2. The molecule has 0 radical (unpaired) electrons. The summed E-state index contributed by atoms with van der Waals surface area (Å²) < 4.78 is 18.1. The average molecular weight is 1630 g/mol. The van der Waals surface area contributed by atoms with Crippen molar-refractivity contribution in [3.05, 3.63) is 431 Å².